The quantitative estimate of drug-likeness (QED) is 0.0272. The van der Waals surface area contributed by atoms with Crippen LogP contribution in [-0.2, 0) is 63.7 Å². The molecule has 0 atom stereocenters. The maximum Gasteiger partial charge on any atom is 0.496 e. The first kappa shape index (κ1) is 70.9. The van der Waals surface area contributed by atoms with Gasteiger partial charge in [0.05, 0.1) is 36.3 Å². The second-order valence-electron chi connectivity index (χ2n) is 25.3. The molecule has 0 bridgehead atoms. The minimum atomic E-state index is -4.56. The molecule has 1 fully saturated rings. The maximum atomic E-state index is 13.4. The molecule has 2 aromatic carbocycles. The summed E-state index contributed by atoms with van der Waals surface area (Å²) < 4.78 is 127. The van der Waals surface area contributed by atoms with Crippen LogP contribution in [0.15, 0.2) is 102 Å². The minimum Gasteiger partial charge on any atom is -0.476 e. The van der Waals surface area contributed by atoms with Gasteiger partial charge in [-0.15, -0.1) is 0 Å². The molecule has 6 aromatic rings. The molecule has 0 unspecified atom stereocenters. The van der Waals surface area contributed by atoms with E-state index in [9.17, 15) is 35.9 Å². The summed E-state index contributed by atoms with van der Waals surface area (Å²) in [4.78, 5) is 39.6. The second-order valence-corrected chi connectivity index (χ2v) is 37.5. The van der Waals surface area contributed by atoms with Gasteiger partial charge in [-0.1, -0.05) is 97.7 Å². The largest absolute Gasteiger partial charge is 0.496 e. The van der Waals surface area contributed by atoms with E-state index in [4.69, 9.17) is 37.7 Å². The van der Waals surface area contributed by atoms with Crippen molar-refractivity contribution in [2.75, 3.05) is 40.6 Å². The van der Waals surface area contributed by atoms with Gasteiger partial charge in [-0.3, -0.25) is 9.59 Å². The molecule has 1 aliphatic rings. The minimum absolute atomic E-state index is 0.0111. The summed E-state index contributed by atoms with van der Waals surface area (Å²) in [6.07, 6.45) is -3.74. The van der Waals surface area contributed by atoms with E-state index in [1.54, 1.807) is 101 Å². The summed E-state index contributed by atoms with van der Waals surface area (Å²) >= 11 is 3.32. The molecular formula is C60H80BBrF6N6O10Si2. The number of benzene rings is 2. The number of halogens is 7. The fraction of sp³-hybridized carbons (Fsp3) is 0.500. The van der Waals surface area contributed by atoms with Crippen LogP contribution >= 0.6 is 15.9 Å². The number of pyridine rings is 2. The van der Waals surface area contributed by atoms with Crippen molar-refractivity contribution >= 4 is 56.6 Å². The van der Waals surface area contributed by atoms with E-state index in [-0.39, 0.29) is 50.3 Å². The van der Waals surface area contributed by atoms with E-state index in [1.807, 2.05) is 39.8 Å². The molecule has 5 heterocycles. The van der Waals surface area contributed by atoms with E-state index in [2.05, 4.69) is 75.1 Å². The van der Waals surface area contributed by atoms with E-state index in [0.29, 0.717) is 36.1 Å². The number of carbonyl (C=O) groups is 2. The van der Waals surface area contributed by atoms with Crippen LogP contribution in [0.1, 0.15) is 66.8 Å². The second kappa shape index (κ2) is 28.9. The number of hydrogen-bond acceptors (Lipinski definition) is 14. The van der Waals surface area contributed by atoms with Gasteiger partial charge in [0.25, 0.3) is 0 Å². The van der Waals surface area contributed by atoms with E-state index >= 15 is 0 Å². The number of aromatic nitrogens is 6. The highest BCUT2D eigenvalue weighted by Crippen LogP contribution is 2.37. The molecule has 1 saturated heterocycles. The van der Waals surface area contributed by atoms with Gasteiger partial charge >= 0.3 is 31.4 Å². The lowest BCUT2D eigenvalue weighted by atomic mass is 9.80. The molecule has 4 aromatic heterocycles. The summed E-state index contributed by atoms with van der Waals surface area (Å²) in [5.74, 6) is 0.534. The highest BCUT2D eigenvalue weighted by atomic mass is 79.9. The topological polar surface area (TPSA) is 169 Å². The Morgan fingerprint density at radius 1 is 0.570 bits per heavy atom. The van der Waals surface area contributed by atoms with Crippen LogP contribution < -0.4 is 14.9 Å². The molecule has 26 heteroatoms. The van der Waals surface area contributed by atoms with Gasteiger partial charge in [-0.25, -0.2) is 19.9 Å². The van der Waals surface area contributed by atoms with Crippen molar-refractivity contribution in [1.82, 2.24) is 29.1 Å². The van der Waals surface area contributed by atoms with Crippen molar-refractivity contribution < 1.29 is 73.7 Å². The Kier molecular flexibility index (Phi) is 23.9. The molecule has 86 heavy (non-hydrogen) atoms. The van der Waals surface area contributed by atoms with Gasteiger partial charge in [0, 0.05) is 86.8 Å². The van der Waals surface area contributed by atoms with Crippen LogP contribution in [0.5, 0.6) is 11.8 Å². The molecule has 7 rings (SSSR count). The fourth-order valence-corrected chi connectivity index (χ4v) is 9.44. The molecule has 0 N–H and O–H groups in total. The fourth-order valence-electron chi connectivity index (χ4n) is 7.67. The number of rotatable bonds is 22. The molecule has 470 valence electrons. The number of imidazole rings is 2. The molecule has 0 radical (unpaired) electrons. The highest BCUT2D eigenvalue weighted by Gasteiger charge is 2.52. The van der Waals surface area contributed by atoms with Gasteiger partial charge in [-0.2, -0.15) is 26.3 Å². The third-order valence-electron chi connectivity index (χ3n) is 13.8. The van der Waals surface area contributed by atoms with Crippen LogP contribution in [0.3, 0.4) is 0 Å². The zero-order valence-electron chi connectivity index (χ0n) is 51.9. The first-order valence-electron chi connectivity index (χ1n) is 27.8. The van der Waals surface area contributed by atoms with Gasteiger partial charge in [0.1, 0.15) is 38.3 Å². The Bertz CT molecular complexity index is 3130. The lowest BCUT2D eigenvalue weighted by molar-refractivity contribution is -0.153. The molecule has 16 nitrogen and oxygen atoms in total. The number of hydrogen-bond donors (Lipinski definition) is 0. The summed E-state index contributed by atoms with van der Waals surface area (Å²) in [6.45, 7) is 29.7. The molecule has 0 amide bonds. The molecule has 0 spiro atoms. The van der Waals surface area contributed by atoms with Crippen LogP contribution in [0.2, 0.25) is 51.4 Å². The Morgan fingerprint density at radius 3 is 1.29 bits per heavy atom. The van der Waals surface area contributed by atoms with Gasteiger partial charge in [0.15, 0.2) is 11.4 Å². The van der Waals surface area contributed by atoms with E-state index < -0.39 is 69.0 Å². The first-order chi connectivity index (χ1) is 39.7. The SMILES string of the molecule is COC(=O)C(C)(C)COc1ccc(-c2ccc(-c3nc(C(F)(F)F)cn3COCC[Si](C)(C)C)cc2)cn1.COC(=O)C(C)(C)COc1ccc(B2OC(C)(C)C(C)(C)O2)cn1.C[Si](C)(C)CCOCn1cc(C(F)(F)F)nc1-c1ccc(Br)cc1. The molecule has 0 aliphatic carbocycles. The van der Waals surface area contributed by atoms with Gasteiger partial charge in [0.2, 0.25) is 11.8 Å². The number of esters is 2. The predicted octanol–water partition coefficient (Wildman–Crippen LogP) is 14.1. The molecule has 1 aliphatic heterocycles. The van der Waals surface area contributed by atoms with Crippen molar-refractivity contribution in [3.63, 3.8) is 0 Å². The standard InChI is InChI=1S/C27H34F3N3O4Si.C17H26BNO5.C16H20BrF3N2OSi/c1-26(2,25(34)35-3)17-37-23-12-11-21(15-31-23)19-7-9-20(10-8-19)24-32-22(27(28,29)30)16-33(24)18-36-13-14-38(4,5)6;1-15(2,14(20)21-7)11-22-13-9-8-12(10-19-13)18-23-16(3,4)17(5,6)24-18;1-24(2,3)9-8-23-11-22-10-14(16(18,19)20)21-15(22)12-4-6-13(17)7-5-12/h7-12,15-16H,13-14,17-18H2,1-6H3;8-10H,11H2,1-7H3;4-7,10H,8-9,11H2,1-3H3. The normalized spacial score (nSPS) is 14.4. The highest BCUT2D eigenvalue weighted by molar-refractivity contribution is 9.10. The lowest BCUT2D eigenvalue weighted by Crippen LogP contribution is -2.41. The average Bonchev–Trinajstić information content (AvgIpc) is 1.90. The first-order valence-corrected chi connectivity index (χ1v) is 36.0. The number of methoxy groups -OCH3 is 2. The van der Waals surface area contributed by atoms with Crippen molar-refractivity contribution in [3.05, 3.63) is 113 Å². The maximum absolute atomic E-state index is 13.4. The monoisotopic (exact) mass is 1300 g/mol. The molecule has 0 saturated carbocycles. The van der Waals surface area contributed by atoms with Crippen molar-refractivity contribution in [1.29, 1.82) is 0 Å². The Hall–Kier alpha value is -5.90. The van der Waals surface area contributed by atoms with Crippen molar-refractivity contribution in [2.45, 2.75) is 144 Å². The summed E-state index contributed by atoms with van der Waals surface area (Å²) in [7, 11) is -0.325. The van der Waals surface area contributed by atoms with Crippen LogP contribution in [-0.4, -0.2) is 116 Å². The number of nitrogens with zero attached hydrogens (tertiary/aromatic N) is 6. The smallest absolute Gasteiger partial charge is 0.476 e. The van der Waals surface area contributed by atoms with Gasteiger partial charge in [-0.05, 0) is 97.3 Å². The van der Waals surface area contributed by atoms with Crippen LogP contribution in [0.4, 0.5) is 26.3 Å². The average molecular weight is 1310 g/mol. The third-order valence-corrected chi connectivity index (χ3v) is 17.8. The summed E-state index contributed by atoms with van der Waals surface area (Å²) in [5, 5.41) is 0. The Balaban J connectivity index is 0.000000246. The van der Waals surface area contributed by atoms with Gasteiger partial charge < -0.3 is 46.9 Å². The Labute approximate surface area is 511 Å². The predicted molar refractivity (Wildman–Crippen MR) is 327 cm³/mol. The van der Waals surface area contributed by atoms with E-state index in [0.717, 1.165) is 45.5 Å². The summed E-state index contributed by atoms with van der Waals surface area (Å²) in [5.41, 5.74) is -0.604. The van der Waals surface area contributed by atoms with Crippen molar-refractivity contribution in [3.8, 4) is 45.7 Å². The number of carbonyl (C=O) groups excluding carboxylic acids is 2. The lowest BCUT2D eigenvalue weighted by Gasteiger charge is -2.32. The number of alkyl halides is 6. The Morgan fingerprint density at radius 2 is 0.942 bits per heavy atom. The zero-order valence-corrected chi connectivity index (χ0v) is 55.5. The zero-order chi connectivity index (χ0) is 64.3. The van der Waals surface area contributed by atoms with Crippen LogP contribution in [0, 0.1) is 10.8 Å². The van der Waals surface area contributed by atoms with Crippen LogP contribution in [0.25, 0.3) is 33.9 Å². The van der Waals surface area contributed by atoms with Crippen molar-refractivity contribution in [2.24, 2.45) is 10.8 Å². The number of ether oxygens (including phenoxy) is 6. The third kappa shape index (κ3) is 20.9. The molecular weight excluding hydrogens is 1230 g/mol. The summed E-state index contributed by atoms with van der Waals surface area (Å²) in [6, 6.07) is 23.0. The van der Waals surface area contributed by atoms with E-state index in [1.165, 1.54) is 23.4 Å².